The smallest absolute Gasteiger partial charge is 0.358 e. The molecule has 0 spiro atoms. The molecule has 0 amide bonds. The van der Waals surface area contributed by atoms with E-state index in [1.165, 1.54) is 0 Å². The highest BCUT2D eigenvalue weighted by molar-refractivity contribution is 9.10. The molecule has 1 saturated heterocycles. The van der Waals surface area contributed by atoms with E-state index in [2.05, 4.69) is 15.9 Å². The number of ether oxygens (including phenoxy) is 1. The predicted molar refractivity (Wildman–Crippen MR) is 71.8 cm³/mol. The van der Waals surface area contributed by atoms with Crippen LogP contribution in [0.25, 0.3) is 0 Å². The van der Waals surface area contributed by atoms with Crippen molar-refractivity contribution < 1.29 is 23.5 Å². The highest BCUT2D eigenvalue weighted by atomic mass is 79.9. The molecule has 3 atom stereocenters. The molecule has 0 aromatic rings. The van der Waals surface area contributed by atoms with Crippen LogP contribution in [0.1, 0.15) is 20.8 Å². The fraction of sp³-hybridized carbons (Fsp3) is 0.909. The van der Waals surface area contributed by atoms with Gasteiger partial charge in [0, 0.05) is 0 Å². The normalized spacial score (nSPS) is 33.7. The molecule has 1 rings (SSSR count). The van der Waals surface area contributed by atoms with Crippen molar-refractivity contribution in [3.63, 3.8) is 0 Å². The minimum absolute atomic E-state index is 0.123. The first-order valence-corrected chi connectivity index (χ1v) is 9.51. The maximum Gasteiger partial charge on any atom is 0.358 e. The maximum atomic E-state index is 14.3. The summed E-state index contributed by atoms with van der Waals surface area (Å²) >= 11 is 2.72. The van der Waals surface area contributed by atoms with Gasteiger partial charge in [0.1, 0.15) is 6.10 Å². The van der Waals surface area contributed by atoms with Crippen molar-refractivity contribution in [1.82, 2.24) is 0 Å². The van der Waals surface area contributed by atoms with Crippen molar-refractivity contribution in [2.45, 2.75) is 55.7 Å². The third-order valence-electron chi connectivity index (χ3n) is 3.63. The number of hydrogen-bond donors (Lipinski definition) is 1. The van der Waals surface area contributed by atoms with Gasteiger partial charge >= 0.3 is 5.97 Å². The van der Waals surface area contributed by atoms with Crippen LogP contribution >= 0.6 is 15.9 Å². The van der Waals surface area contributed by atoms with Crippen molar-refractivity contribution in [2.75, 3.05) is 6.61 Å². The summed E-state index contributed by atoms with van der Waals surface area (Å²) in [6.45, 7) is 9.49. The molecule has 1 aliphatic heterocycles. The summed E-state index contributed by atoms with van der Waals surface area (Å²) in [4.78, 5) is 11.4. The average molecular weight is 343 g/mol. The van der Waals surface area contributed by atoms with Crippen LogP contribution in [0.5, 0.6) is 0 Å². The van der Waals surface area contributed by atoms with Gasteiger partial charge in [-0.1, -0.05) is 20.8 Å². The first-order chi connectivity index (χ1) is 7.93. The minimum Gasteiger partial charge on any atom is -0.454 e. The third-order valence-corrected chi connectivity index (χ3v) is 8.86. The first-order valence-electron chi connectivity index (χ1n) is 5.81. The molecule has 0 aromatic heterocycles. The lowest BCUT2D eigenvalue weighted by Crippen LogP contribution is -2.51. The Morgan fingerprint density at radius 3 is 2.44 bits per heavy atom. The van der Waals surface area contributed by atoms with Gasteiger partial charge in [-0.15, -0.1) is 0 Å². The number of esters is 1. The Bertz CT molecular complexity index is 340. The molecule has 1 heterocycles. The summed E-state index contributed by atoms with van der Waals surface area (Å²) in [6, 6.07) is 0. The Hall–Kier alpha value is 0.0169. The fourth-order valence-electron chi connectivity index (χ4n) is 1.40. The molecular formula is C11H20BrFO4Si. The van der Waals surface area contributed by atoms with E-state index in [0.717, 1.165) is 0 Å². The molecule has 106 valence electrons. The topological polar surface area (TPSA) is 55.8 Å². The molecule has 18 heavy (non-hydrogen) atoms. The van der Waals surface area contributed by atoms with Crippen molar-refractivity contribution >= 4 is 30.2 Å². The Morgan fingerprint density at radius 2 is 2.06 bits per heavy atom. The maximum absolute atomic E-state index is 14.3. The zero-order valence-electron chi connectivity index (χ0n) is 11.3. The van der Waals surface area contributed by atoms with E-state index in [9.17, 15) is 9.18 Å². The van der Waals surface area contributed by atoms with Gasteiger partial charge in [0.15, 0.2) is 14.4 Å². The molecule has 0 saturated carbocycles. The predicted octanol–water partition coefficient (Wildman–Crippen LogP) is 2.36. The largest absolute Gasteiger partial charge is 0.454 e. The Labute approximate surface area is 116 Å². The average Bonchev–Trinajstić information content (AvgIpc) is 2.39. The van der Waals surface area contributed by atoms with Crippen LogP contribution in [0.4, 0.5) is 4.39 Å². The summed E-state index contributed by atoms with van der Waals surface area (Å²) in [5.74, 6) is -1.04. The van der Waals surface area contributed by atoms with Crippen LogP contribution in [0.15, 0.2) is 0 Å². The monoisotopic (exact) mass is 342 g/mol. The summed E-state index contributed by atoms with van der Waals surface area (Å²) in [5, 5.41) is 9.03. The first kappa shape index (κ1) is 16.1. The molecule has 7 heteroatoms. The third kappa shape index (κ3) is 2.78. The number of carbonyl (C=O) groups is 1. The van der Waals surface area contributed by atoms with Gasteiger partial charge in [0.05, 0.1) is 6.61 Å². The van der Waals surface area contributed by atoms with Gasteiger partial charge in [-0.3, -0.25) is 0 Å². The van der Waals surface area contributed by atoms with Gasteiger partial charge in [-0.2, -0.15) is 0 Å². The molecule has 0 radical (unpaired) electrons. The van der Waals surface area contributed by atoms with Crippen molar-refractivity contribution in [2.24, 2.45) is 0 Å². The van der Waals surface area contributed by atoms with E-state index >= 15 is 0 Å². The number of halogens is 2. The Kier molecular flexibility index (Phi) is 4.33. The number of aliphatic hydroxyl groups excluding tert-OH is 1. The number of alkyl halides is 2. The summed E-state index contributed by atoms with van der Waals surface area (Å²) in [6.07, 6.45) is -2.08. The van der Waals surface area contributed by atoms with E-state index in [-0.39, 0.29) is 5.04 Å². The molecule has 0 aliphatic carbocycles. The van der Waals surface area contributed by atoms with E-state index in [0.29, 0.717) is 0 Å². The minimum atomic E-state index is -2.38. The van der Waals surface area contributed by atoms with Crippen molar-refractivity contribution in [3.05, 3.63) is 0 Å². The molecule has 1 aliphatic rings. The van der Waals surface area contributed by atoms with Crippen LogP contribution in [-0.2, 0) is 14.0 Å². The van der Waals surface area contributed by atoms with Crippen LogP contribution in [0, 0.1) is 0 Å². The molecule has 0 aromatic carbocycles. The second kappa shape index (κ2) is 4.85. The van der Waals surface area contributed by atoms with Gasteiger partial charge in [0.2, 0.25) is 0 Å². The molecule has 4 nitrogen and oxygen atoms in total. The standard InChI is InChI=1S/C11H20BrFO4Si/c1-10(2,3)18(4,5)17-8-7(6-14)16-9(15)11(8,12)13/h7-8,14H,6H2,1-5H3/t7-,8?,11-/m1/s1. The lowest BCUT2D eigenvalue weighted by Gasteiger charge is -2.39. The Balaban J connectivity index is 2.97. The molecule has 0 bridgehead atoms. The zero-order valence-corrected chi connectivity index (χ0v) is 13.9. The van der Waals surface area contributed by atoms with Gasteiger partial charge < -0.3 is 14.3 Å². The van der Waals surface area contributed by atoms with Gasteiger partial charge in [0.25, 0.3) is 4.58 Å². The number of cyclic esters (lactones) is 1. The number of aliphatic hydroxyl groups is 1. The number of carbonyl (C=O) groups excluding carboxylic acids is 1. The number of hydrogen-bond acceptors (Lipinski definition) is 4. The summed E-state index contributed by atoms with van der Waals surface area (Å²) in [5.41, 5.74) is 0. The quantitative estimate of drug-likeness (QED) is 0.486. The van der Waals surface area contributed by atoms with Crippen molar-refractivity contribution in [1.29, 1.82) is 0 Å². The molecule has 1 unspecified atom stereocenters. The van der Waals surface area contributed by atoms with Crippen molar-refractivity contribution in [3.8, 4) is 0 Å². The molecule has 1 fully saturated rings. The van der Waals surface area contributed by atoms with Gasteiger partial charge in [-0.05, 0) is 34.1 Å². The van der Waals surface area contributed by atoms with Crippen LogP contribution in [0.3, 0.4) is 0 Å². The summed E-state index contributed by atoms with van der Waals surface area (Å²) in [7, 11) is -2.26. The zero-order chi connectivity index (χ0) is 14.4. The van der Waals surface area contributed by atoms with E-state index in [1.54, 1.807) is 0 Å². The highest BCUT2D eigenvalue weighted by Crippen LogP contribution is 2.44. The summed E-state index contributed by atoms with van der Waals surface area (Å²) < 4.78 is 22.5. The van der Waals surface area contributed by atoms with E-state index < -0.39 is 37.7 Å². The van der Waals surface area contributed by atoms with E-state index in [1.807, 2.05) is 33.9 Å². The van der Waals surface area contributed by atoms with Crippen LogP contribution in [0.2, 0.25) is 18.1 Å². The Morgan fingerprint density at radius 1 is 1.56 bits per heavy atom. The van der Waals surface area contributed by atoms with Crippen LogP contribution in [-0.4, -0.2) is 42.8 Å². The van der Waals surface area contributed by atoms with Gasteiger partial charge in [-0.25, -0.2) is 9.18 Å². The lowest BCUT2D eigenvalue weighted by atomic mass is 10.2. The highest BCUT2D eigenvalue weighted by Gasteiger charge is 2.60. The van der Waals surface area contributed by atoms with Crippen LogP contribution < -0.4 is 0 Å². The second-order valence-corrected chi connectivity index (χ2v) is 12.0. The number of rotatable bonds is 3. The van der Waals surface area contributed by atoms with E-state index in [4.69, 9.17) is 14.3 Å². The lowest BCUT2D eigenvalue weighted by molar-refractivity contribution is -0.147. The SMILES string of the molecule is CC(C)(C)[Si](C)(C)OC1[C@@H](CO)OC(=O)[C@@]1(F)Br. The molecular weight excluding hydrogens is 323 g/mol. The second-order valence-electron chi connectivity index (χ2n) is 6.05. The molecule has 1 N–H and O–H groups in total. The fourth-order valence-corrected chi connectivity index (χ4v) is 3.36.